The summed E-state index contributed by atoms with van der Waals surface area (Å²) in [4.78, 5) is 0. The Balaban J connectivity index is 1.62. The van der Waals surface area contributed by atoms with Gasteiger partial charge in [-0.2, -0.15) is 0 Å². The number of benzene rings is 1. The summed E-state index contributed by atoms with van der Waals surface area (Å²) in [6.07, 6.45) is 3.91. The summed E-state index contributed by atoms with van der Waals surface area (Å²) in [6, 6.07) is 9.59. The van der Waals surface area contributed by atoms with Crippen molar-refractivity contribution in [3.8, 4) is 5.75 Å². The van der Waals surface area contributed by atoms with Crippen molar-refractivity contribution < 1.29 is 14.6 Å². The molecule has 1 heterocycles. The molecule has 3 nitrogen and oxygen atoms in total. The van der Waals surface area contributed by atoms with Crippen LogP contribution in [0.2, 0.25) is 0 Å². The fraction of sp³-hybridized carbons (Fsp3) is 0.571. The molecule has 2 atom stereocenters. The van der Waals surface area contributed by atoms with E-state index in [9.17, 15) is 5.11 Å². The molecule has 0 bridgehead atoms. The first-order valence-electron chi connectivity index (χ1n) is 6.32. The molecule has 0 saturated carbocycles. The number of aliphatic hydroxyl groups is 1. The third-order valence-corrected chi connectivity index (χ3v) is 3.03. The zero-order chi connectivity index (χ0) is 11.9. The number of hydrogen-bond donors (Lipinski definition) is 1. The van der Waals surface area contributed by atoms with E-state index in [1.807, 2.05) is 30.3 Å². The van der Waals surface area contributed by atoms with Gasteiger partial charge in [-0.1, -0.05) is 18.2 Å². The minimum absolute atomic E-state index is 0.348. The summed E-state index contributed by atoms with van der Waals surface area (Å²) in [5.74, 6) is 0.809. The second-order valence-electron chi connectivity index (χ2n) is 4.49. The molecule has 1 fully saturated rings. The first-order valence-corrected chi connectivity index (χ1v) is 6.32. The summed E-state index contributed by atoms with van der Waals surface area (Å²) in [7, 11) is 0. The summed E-state index contributed by atoms with van der Waals surface area (Å²) in [5.41, 5.74) is 0. The average molecular weight is 236 g/mol. The normalized spacial score (nSPS) is 21.4. The van der Waals surface area contributed by atoms with Gasteiger partial charge in [-0.05, 0) is 37.8 Å². The number of rotatable bonds is 6. The molecule has 1 aliphatic rings. The zero-order valence-corrected chi connectivity index (χ0v) is 10.0. The fourth-order valence-electron chi connectivity index (χ4n) is 2.04. The van der Waals surface area contributed by atoms with Gasteiger partial charge < -0.3 is 14.6 Å². The van der Waals surface area contributed by atoms with Crippen molar-refractivity contribution in [3.05, 3.63) is 30.3 Å². The second-order valence-corrected chi connectivity index (χ2v) is 4.49. The highest BCUT2D eigenvalue weighted by Crippen LogP contribution is 2.18. The summed E-state index contributed by atoms with van der Waals surface area (Å²) < 4.78 is 11.0. The topological polar surface area (TPSA) is 38.7 Å². The lowest BCUT2D eigenvalue weighted by Gasteiger charge is -2.14. The molecule has 0 amide bonds. The number of ether oxygens (including phenoxy) is 2. The molecule has 1 aliphatic heterocycles. The number of para-hydroxylation sites is 1. The lowest BCUT2D eigenvalue weighted by Crippen LogP contribution is -2.19. The van der Waals surface area contributed by atoms with Crippen LogP contribution in [0.25, 0.3) is 0 Å². The highest BCUT2D eigenvalue weighted by molar-refractivity contribution is 5.20. The molecule has 17 heavy (non-hydrogen) atoms. The SMILES string of the molecule is OC(CCC1CCCO1)COc1ccccc1. The van der Waals surface area contributed by atoms with Gasteiger partial charge in [-0.25, -0.2) is 0 Å². The van der Waals surface area contributed by atoms with Crippen molar-refractivity contribution in [3.63, 3.8) is 0 Å². The van der Waals surface area contributed by atoms with Crippen LogP contribution in [0.5, 0.6) is 5.75 Å². The van der Waals surface area contributed by atoms with Crippen molar-refractivity contribution in [2.45, 2.75) is 37.9 Å². The van der Waals surface area contributed by atoms with Gasteiger partial charge in [-0.3, -0.25) is 0 Å². The zero-order valence-electron chi connectivity index (χ0n) is 10.0. The highest BCUT2D eigenvalue weighted by Gasteiger charge is 2.17. The van der Waals surface area contributed by atoms with Crippen molar-refractivity contribution in [1.82, 2.24) is 0 Å². The Morgan fingerprint density at radius 3 is 2.88 bits per heavy atom. The molecule has 1 aromatic carbocycles. The lowest BCUT2D eigenvalue weighted by molar-refractivity contribution is 0.0622. The Labute approximate surface area is 102 Å². The van der Waals surface area contributed by atoms with Crippen LogP contribution in [0.4, 0.5) is 0 Å². The second kappa shape index (κ2) is 6.62. The Morgan fingerprint density at radius 2 is 2.18 bits per heavy atom. The molecule has 0 spiro atoms. The molecule has 0 aliphatic carbocycles. The average Bonchev–Trinajstić information content (AvgIpc) is 2.88. The minimum Gasteiger partial charge on any atom is -0.491 e. The van der Waals surface area contributed by atoms with Crippen LogP contribution in [0, 0.1) is 0 Å². The largest absolute Gasteiger partial charge is 0.491 e. The molecule has 0 radical (unpaired) electrons. The molecule has 2 rings (SSSR count). The van der Waals surface area contributed by atoms with Crippen LogP contribution in [0.15, 0.2) is 30.3 Å². The van der Waals surface area contributed by atoms with Gasteiger partial charge in [0, 0.05) is 6.61 Å². The van der Waals surface area contributed by atoms with Gasteiger partial charge in [0.05, 0.1) is 12.2 Å². The van der Waals surface area contributed by atoms with E-state index in [0.717, 1.165) is 38.0 Å². The molecular weight excluding hydrogens is 216 g/mol. The van der Waals surface area contributed by atoms with E-state index < -0.39 is 6.10 Å². The van der Waals surface area contributed by atoms with Gasteiger partial charge >= 0.3 is 0 Å². The molecular formula is C14H20O3. The van der Waals surface area contributed by atoms with E-state index in [4.69, 9.17) is 9.47 Å². The van der Waals surface area contributed by atoms with Crippen molar-refractivity contribution in [2.24, 2.45) is 0 Å². The van der Waals surface area contributed by atoms with E-state index in [-0.39, 0.29) is 0 Å². The maximum atomic E-state index is 9.79. The smallest absolute Gasteiger partial charge is 0.119 e. The summed E-state index contributed by atoms with van der Waals surface area (Å²) >= 11 is 0. The Hall–Kier alpha value is -1.06. The summed E-state index contributed by atoms with van der Waals surface area (Å²) in [6.45, 7) is 1.23. The molecule has 3 heteroatoms. The number of hydrogen-bond acceptors (Lipinski definition) is 3. The van der Waals surface area contributed by atoms with Gasteiger partial charge in [0.1, 0.15) is 12.4 Å². The third kappa shape index (κ3) is 4.36. The molecule has 2 unspecified atom stereocenters. The van der Waals surface area contributed by atoms with E-state index in [1.54, 1.807) is 0 Å². The van der Waals surface area contributed by atoms with Crippen molar-refractivity contribution in [1.29, 1.82) is 0 Å². The van der Waals surface area contributed by atoms with E-state index in [2.05, 4.69) is 0 Å². The molecule has 94 valence electrons. The molecule has 1 saturated heterocycles. The first-order chi connectivity index (χ1) is 8.34. The van der Waals surface area contributed by atoms with E-state index in [0.29, 0.717) is 12.7 Å². The highest BCUT2D eigenvalue weighted by atomic mass is 16.5. The molecule has 0 aromatic heterocycles. The lowest BCUT2D eigenvalue weighted by atomic mass is 10.1. The van der Waals surface area contributed by atoms with Crippen LogP contribution in [-0.2, 0) is 4.74 Å². The monoisotopic (exact) mass is 236 g/mol. The minimum atomic E-state index is -0.403. The first kappa shape index (κ1) is 12.4. The van der Waals surface area contributed by atoms with Gasteiger partial charge in [0.2, 0.25) is 0 Å². The predicted molar refractivity (Wildman–Crippen MR) is 66.2 cm³/mol. The van der Waals surface area contributed by atoms with Gasteiger partial charge in [0.15, 0.2) is 0 Å². The third-order valence-electron chi connectivity index (χ3n) is 3.03. The maximum Gasteiger partial charge on any atom is 0.119 e. The van der Waals surface area contributed by atoms with Gasteiger partial charge in [0.25, 0.3) is 0 Å². The van der Waals surface area contributed by atoms with Crippen molar-refractivity contribution in [2.75, 3.05) is 13.2 Å². The van der Waals surface area contributed by atoms with E-state index >= 15 is 0 Å². The molecule has 1 N–H and O–H groups in total. The fourth-order valence-corrected chi connectivity index (χ4v) is 2.04. The number of aliphatic hydroxyl groups excluding tert-OH is 1. The van der Waals surface area contributed by atoms with Crippen molar-refractivity contribution >= 4 is 0 Å². The Bertz CT molecular complexity index is 307. The van der Waals surface area contributed by atoms with Gasteiger partial charge in [-0.15, -0.1) is 0 Å². The standard InChI is InChI=1S/C14H20O3/c15-12(8-9-14-7-4-10-16-14)11-17-13-5-2-1-3-6-13/h1-3,5-6,12,14-15H,4,7-11H2. The van der Waals surface area contributed by atoms with Crippen LogP contribution >= 0.6 is 0 Å². The summed E-state index contributed by atoms with van der Waals surface area (Å²) in [5, 5.41) is 9.79. The Kier molecular flexibility index (Phi) is 4.83. The van der Waals surface area contributed by atoms with E-state index in [1.165, 1.54) is 0 Å². The molecule has 1 aromatic rings. The van der Waals surface area contributed by atoms with Crippen LogP contribution in [-0.4, -0.2) is 30.5 Å². The Morgan fingerprint density at radius 1 is 1.35 bits per heavy atom. The quantitative estimate of drug-likeness (QED) is 0.824. The predicted octanol–water partition coefficient (Wildman–Crippen LogP) is 2.39. The van der Waals surface area contributed by atoms with Crippen LogP contribution in [0.1, 0.15) is 25.7 Å². The van der Waals surface area contributed by atoms with Crippen LogP contribution in [0.3, 0.4) is 0 Å². The van der Waals surface area contributed by atoms with Crippen LogP contribution < -0.4 is 4.74 Å². The maximum absolute atomic E-state index is 9.79.